The maximum Gasteiger partial charge on any atom is 0.160 e. The number of methoxy groups -OCH3 is 3. The maximum atomic E-state index is 6.36. The molecule has 0 spiro atoms. The third-order valence-electron chi connectivity index (χ3n) is 4.78. The maximum absolute atomic E-state index is 6.36. The average Bonchev–Trinajstić information content (AvgIpc) is 2.67. The molecule has 2 atom stereocenters. The van der Waals surface area contributed by atoms with Gasteiger partial charge in [0.1, 0.15) is 5.75 Å². The van der Waals surface area contributed by atoms with E-state index in [1.807, 2.05) is 18.2 Å². The number of anilines is 1. The summed E-state index contributed by atoms with van der Waals surface area (Å²) in [6.45, 7) is 1.76. The summed E-state index contributed by atoms with van der Waals surface area (Å²) >= 11 is 0. The molecular weight excluding hydrogens is 316 g/mol. The standard InChI is InChI=1S/C20H26N2O3/c1-23-18-6-4-5-17(11-18)22-12-15(9-16(21)13-22)14-7-8-19(24-2)20(10-14)25-3/h4-8,10-11,15-16H,9,12-13,21H2,1-3H3. The van der Waals surface area contributed by atoms with Crippen LogP contribution < -0.4 is 24.8 Å². The van der Waals surface area contributed by atoms with Gasteiger partial charge in [0.05, 0.1) is 21.3 Å². The number of ether oxygens (including phenoxy) is 3. The fourth-order valence-corrected chi connectivity index (χ4v) is 3.50. The summed E-state index contributed by atoms with van der Waals surface area (Å²) in [5.41, 5.74) is 8.72. The molecular formula is C20H26N2O3. The van der Waals surface area contributed by atoms with Crippen molar-refractivity contribution in [2.75, 3.05) is 39.3 Å². The Morgan fingerprint density at radius 3 is 2.44 bits per heavy atom. The lowest BCUT2D eigenvalue weighted by Gasteiger charge is -2.38. The Balaban J connectivity index is 1.85. The first-order chi connectivity index (χ1) is 12.1. The van der Waals surface area contributed by atoms with E-state index in [-0.39, 0.29) is 6.04 Å². The molecule has 0 saturated carbocycles. The van der Waals surface area contributed by atoms with E-state index in [0.717, 1.165) is 42.4 Å². The lowest BCUT2D eigenvalue weighted by molar-refractivity contribution is 0.353. The smallest absolute Gasteiger partial charge is 0.160 e. The molecule has 0 radical (unpaired) electrons. The number of nitrogens with two attached hydrogens (primary N) is 1. The van der Waals surface area contributed by atoms with Crippen LogP contribution in [0.1, 0.15) is 17.9 Å². The number of nitrogens with zero attached hydrogens (tertiary/aromatic N) is 1. The molecule has 2 unspecified atom stereocenters. The van der Waals surface area contributed by atoms with E-state index >= 15 is 0 Å². The van der Waals surface area contributed by atoms with Crippen molar-refractivity contribution < 1.29 is 14.2 Å². The highest BCUT2D eigenvalue weighted by molar-refractivity contribution is 5.52. The van der Waals surface area contributed by atoms with Crippen LogP contribution in [0.3, 0.4) is 0 Å². The molecule has 1 saturated heterocycles. The summed E-state index contributed by atoms with van der Waals surface area (Å²) < 4.78 is 16.1. The normalized spacial score (nSPS) is 20.2. The van der Waals surface area contributed by atoms with Gasteiger partial charge in [0.15, 0.2) is 11.5 Å². The van der Waals surface area contributed by atoms with Gasteiger partial charge in [-0.25, -0.2) is 0 Å². The Hall–Kier alpha value is -2.40. The van der Waals surface area contributed by atoms with Crippen molar-refractivity contribution in [1.82, 2.24) is 0 Å². The van der Waals surface area contributed by atoms with Gasteiger partial charge in [0, 0.05) is 36.8 Å². The first-order valence-electron chi connectivity index (χ1n) is 8.51. The monoisotopic (exact) mass is 342 g/mol. The highest BCUT2D eigenvalue weighted by Crippen LogP contribution is 2.35. The highest BCUT2D eigenvalue weighted by atomic mass is 16.5. The summed E-state index contributed by atoms with van der Waals surface area (Å²) in [6.07, 6.45) is 0.954. The summed E-state index contributed by atoms with van der Waals surface area (Å²) in [5, 5.41) is 0. The molecule has 0 amide bonds. The molecule has 0 aliphatic carbocycles. The predicted molar refractivity (Wildman–Crippen MR) is 100 cm³/mol. The summed E-state index contributed by atoms with van der Waals surface area (Å²) in [6, 6.07) is 14.4. The van der Waals surface area contributed by atoms with Crippen LogP contribution in [0.2, 0.25) is 0 Å². The lowest BCUT2D eigenvalue weighted by atomic mass is 9.88. The minimum atomic E-state index is 0.123. The Morgan fingerprint density at radius 1 is 0.920 bits per heavy atom. The average molecular weight is 342 g/mol. The van der Waals surface area contributed by atoms with Crippen LogP contribution in [-0.4, -0.2) is 40.5 Å². The van der Waals surface area contributed by atoms with E-state index in [0.29, 0.717) is 5.92 Å². The number of rotatable bonds is 5. The second kappa shape index (κ2) is 7.66. The van der Waals surface area contributed by atoms with Crippen molar-refractivity contribution in [3.05, 3.63) is 48.0 Å². The molecule has 25 heavy (non-hydrogen) atoms. The van der Waals surface area contributed by atoms with Gasteiger partial charge in [-0.05, 0) is 36.2 Å². The molecule has 5 nitrogen and oxygen atoms in total. The SMILES string of the molecule is COc1cccc(N2CC(N)CC(c3ccc(OC)c(OC)c3)C2)c1. The van der Waals surface area contributed by atoms with E-state index < -0.39 is 0 Å². The van der Waals surface area contributed by atoms with Crippen molar-refractivity contribution in [1.29, 1.82) is 0 Å². The van der Waals surface area contributed by atoms with Gasteiger partial charge in [-0.3, -0.25) is 0 Å². The number of hydrogen-bond acceptors (Lipinski definition) is 5. The lowest BCUT2D eigenvalue weighted by Crippen LogP contribution is -2.46. The first-order valence-corrected chi connectivity index (χ1v) is 8.51. The number of piperidine rings is 1. The van der Waals surface area contributed by atoms with Crippen LogP contribution in [0.5, 0.6) is 17.2 Å². The number of benzene rings is 2. The Bertz CT molecular complexity index is 720. The van der Waals surface area contributed by atoms with E-state index in [4.69, 9.17) is 19.9 Å². The Labute approximate surface area is 149 Å². The molecule has 1 aliphatic heterocycles. The molecule has 2 N–H and O–H groups in total. The topological polar surface area (TPSA) is 57.0 Å². The minimum absolute atomic E-state index is 0.123. The van der Waals surface area contributed by atoms with E-state index in [1.54, 1.807) is 21.3 Å². The van der Waals surface area contributed by atoms with Gasteiger partial charge in [-0.1, -0.05) is 12.1 Å². The van der Waals surface area contributed by atoms with Gasteiger partial charge in [0.25, 0.3) is 0 Å². The van der Waals surface area contributed by atoms with Gasteiger partial charge in [0.2, 0.25) is 0 Å². The van der Waals surface area contributed by atoms with Crippen molar-refractivity contribution in [2.45, 2.75) is 18.4 Å². The van der Waals surface area contributed by atoms with Crippen LogP contribution in [-0.2, 0) is 0 Å². The molecule has 2 aromatic rings. The molecule has 2 aromatic carbocycles. The van der Waals surface area contributed by atoms with Crippen LogP contribution in [0.4, 0.5) is 5.69 Å². The summed E-state index contributed by atoms with van der Waals surface area (Å²) in [4.78, 5) is 2.33. The van der Waals surface area contributed by atoms with Crippen molar-refractivity contribution in [3.63, 3.8) is 0 Å². The molecule has 134 valence electrons. The zero-order valence-corrected chi connectivity index (χ0v) is 15.1. The fraction of sp³-hybridized carbons (Fsp3) is 0.400. The van der Waals surface area contributed by atoms with E-state index in [1.165, 1.54) is 5.56 Å². The van der Waals surface area contributed by atoms with Gasteiger partial charge in [-0.2, -0.15) is 0 Å². The Kier molecular flexibility index (Phi) is 5.34. The van der Waals surface area contributed by atoms with Gasteiger partial charge in [-0.15, -0.1) is 0 Å². The summed E-state index contributed by atoms with van der Waals surface area (Å²) in [5.74, 6) is 2.71. The second-order valence-corrected chi connectivity index (χ2v) is 6.41. The van der Waals surface area contributed by atoms with Gasteiger partial charge < -0.3 is 24.8 Å². The predicted octanol–water partition coefficient (Wildman–Crippen LogP) is 3.03. The van der Waals surface area contributed by atoms with E-state index in [2.05, 4.69) is 29.2 Å². The molecule has 1 heterocycles. The largest absolute Gasteiger partial charge is 0.497 e. The minimum Gasteiger partial charge on any atom is -0.497 e. The van der Waals surface area contributed by atoms with Crippen LogP contribution in [0.15, 0.2) is 42.5 Å². The van der Waals surface area contributed by atoms with Crippen molar-refractivity contribution >= 4 is 5.69 Å². The van der Waals surface area contributed by atoms with Crippen molar-refractivity contribution in [2.24, 2.45) is 5.73 Å². The molecule has 1 aliphatic rings. The molecule has 0 aromatic heterocycles. The summed E-state index contributed by atoms with van der Waals surface area (Å²) in [7, 11) is 5.00. The molecule has 0 bridgehead atoms. The molecule has 1 fully saturated rings. The third-order valence-corrected chi connectivity index (χ3v) is 4.78. The van der Waals surface area contributed by atoms with E-state index in [9.17, 15) is 0 Å². The Morgan fingerprint density at radius 2 is 1.72 bits per heavy atom. The van der Waals surface area contributed by atoms with Crippen LogP contribution in [0.25, 0.3) is 0 Å². The molecule has 3 rings (SSSR count). The zero-order chi connectivity index (χ0) is 17.8. The zero-order valence-electron chi connectivity index (χ0n) is 15.1. The van der Waals surface area contributed by atoms with Crippen LogP contribution in [0, 0.1) is 0 Å². The first kappa shape index (κ1) is 17.4. The number of hydrogen-bond donors (Lipinski definition) is 1. The van der Waals surface area contributed by atoms with Crippen molar-refractivity contribution in [3.8, 4) is 17.2 Å². The van der Waals surface area contributed by atoms with Crippen LogP contribution >= 0.6 is 0 Å². The highest BCUT2D eigenvalue weighted by Gasteiger charge is 2.27. The quantitative estimate of drug-likeness (QED) is 0.905. The fourth-order valence-electron chi connectivity index (χ4n) is 3.50. The molecule has 5 heteroatoms. The second-order valence-electron chi connectivity index (χ2n) is 6.41. The third kappa shape index (κ3) is 3.82. The van der Waals surface area contributed by atoms with Gasteiger partial charge >= 0.3 is 0 Å².